The van der Waals surface area contributed by atoms with Gasteiger partial charge in [0.25, 0.3) is 0 Å². The van der Waals surface area contributed by atoms with Gasteiger partial charge in [-0.1, -0.05) is 13.8 Å². The van der Waals surface area contributed by atoms with Crippen LogP contribution in [0.15, 0.2) is 0 Å². The number of aliphatic hydroxyl groups is 1. The Bertz CT molecular complexity index is 181. The fourth-order valence-corrected chi connectivity index (χ4v) is 1.31. The molecule has 0 radical (unpaired) electrons. The Hall–Kier alpha value is -0.610. The van der Waals surface area contributed by atoms with Gasteiger partial charge >= 0.3 is 0 Å². The fourth-order valence-electron chi connectivity index (χ4n) is 1.31. The molecule has 4 heteroatoms. The highest BCUT2D eigenvalue weighted by Gasteiger charge is 2.17. The maximum atomic E-state index is 11.3. The van der Waals surface area contributed by atoms with Crippen molar-refractivity contribution in [2.45, 2.75) is 33.1 Å². The lowest BCUT2D eigenvalue weighted by atomic mass is 9.88. The smallest absolute Gasteiger partial charge is 0.221 e. The molecule has 4 nitrogen and oxygen atoms in total. The van der Waals surface area contributed by atoms with Crippen LogP contribution in [0.4, 0.5) is 0 Å². The molecule has 0 spiro atoms. The molecule has 0 saturated carbocycles. The van der Waals surface area contributed by atoms with E-state index in [9.17, 15) is 4.79 Å². The Kier molecular flexibility index (Phi) is 7.34. The molecular formula is C11H24N2O2. The first-order valence-corrected chi connectivity index (χ1v) is 5.54. The second-order valence-electron chi connectivity index (χ2n) is 4.62. The molecule has 0 fully saturated rings. The third-order valence-electron chi connectivity index (χ3n) is 2.38. The van der Waals surface area contributed by atoms with Crippen molar-refractivity contribution in [2.24, 2.45) is 5.41 Å². The molecule has 0 aliphatic rings. The number of carbonyl (C=O) groups is 1. The van der Waals surface area contributed by atoms with Crippen LogP contribution in [0.25, 0.3) is 0 Å². The van der Waals surface area contributed by atoms with Gasteiger partial charge in [-0.25, -0.2) is 0 Å². The van der Waals surface area contributed by atoms with E-state index in [-0.39, 0.29) is 17.9 Å². The molecule has 0 aliphatic carbocycles. The summed E-state index contributed by atoms with van der Waals surface area (Å²) >= 11 is 0. The molecule has 15 heavy (non-hydrogen) atoms. The Balaban J connectivity index is 3.67. The monoisotopic (exact) mass is 216 g/mol. The second kappa shape index (κ2) is 7.65. The molecule has 1 amide bonds. The molecule has 0 bridgehead atoms. The Labute approximate surface area is 92.4 Å². The summed E-state index contributed by atoms with van der Waals surface area (Å²) in [6.45, 7) is 5.80. The van der Waals surface area contributed by atoms with Crippen LogP contribution in [0.1, 0.15) is 33.1 Å². The lowest BCUT2D eigenvalue weighted by molar-refractivity contribution is -0.121. The largest absolute Gasteiger partial charge is 0.396 e. The fraction of sp³-hybridized carbons (Fsp3) is 0.909. The molecule has 0 atom stereocenters. The minimum absolute atomic E-state index is 0.0675. The van der Waals surface area contributed by atoms with Gasteiger partial charge in [-0.15, -0.1) is 0 Å². The van der Waals surface area contributed by atoms with Crippen LogP contribution in [0.3, 0.4) is 0 Å². The van der Waals surface area contributed by atoms with Gasteiger partial charge in [-0.2, -0.15) is 0 Å². The van der Waals surface area contributed by atoms with Crippen LogP contribution in [0, 0.1) is 5.41 Å². The summed E-state index contributed by atoms with van der Waals surface area (Å²) in [6.07, 6.45) is 2.24. The number of amides is 1. The zero-order valence-electron chi connectivity index (χ0n) is 10.1. The van der Waals surface area contributed by atoms with E-state index in [4.69, 9.17) is 5.11 Å². The molecule has 0 saturated heterocycles. The summed E-state index contributed by atoms with van der Waals surface area (Å²) in [5.74, 6) is 0.0847. The van der Waals surface area contributed by atoms with Gasteiger partial charge in [-0.05, 0) is 25.3 Å². The predicted octanol–water partition coefficient (Wildman–Crippen LogP) is 0.511. The van der Waals surface area contributed by atoms with Gasteiger partial charge in [0, 0.05) is 26.1 Å². The normalized spacial score (nSPS) is 11.5. The highest BCUT2D eigenvalue weighted by atomic mass is 16.2. The summed E-state index contributed by atoms with van der Waals surface area (Å²) in [5, 5.41) is 14.6. The van der Waals surface area contributed by atoms with Crippen molar-refractivity contribution < 1.29 is 9.90 Å². The SMILES string of the molecule is CNCCC(=O)NCC(C)(C)CCCO. The Morgan fingerprint density at radius 2 is 2.07 bits per heavy atom. The minimum Gasteiger partial charge on any atom is -0.396 e. The number of hydrogen-bond acceptors (Lipinski definition) is 3. The zero-order chi connectivity index (χ0) is 11.7. The van der Waals surface area contributed by atoms with E-state index in [1.165, 1.54) is 0 Å². The van der Waals surface area contributed by atoms with E-state index in [0.717, 1.165) is 12.8 Å². The minimum atomic E-state index is 0.0675. The molecular weight excluding hydrogens is 192 g/mol. The lowest BCUT2D eigenvalue weighted by Gasteiger charge is -2.24. The standard InChI is InChI=1S/C11H24N2O2/c1-11(2,6-4-8-14)9-13-10(15)5-7-12-3/h12,14H,4-9H2,1-3H3,(H,13,15). The van der Waals surface area contributed by atoms with Crippen LogP contribution in [0.2, 0.25) is 0 Å². The summed E-state index contributed by atoms with van der Waals surface area (Å²) in [6, 6.07) is 0. The van der Waals surface area contributed by atoms with E-state index in [2.05, 4.69) is 24.5 Å². The van der Waals surface area contributed by atoms with Crippen LogP contribution in [-0.2, 0) is 4.79 Å². The summed E-state index contributed by atoms with van der Waals surface area (Å²) in [5.41, 5.74) is 0.0675. The van der Waals surface area contributed by atoms with Crippen molar-refractivity contribution >= 4 is 5.91 Å². The average molecular weight is 216 g/mol. The van der Waals surface area contributed by atoms with Crippen LogP contribution in [0.5, 0.6) is 0 Å². The van der Waals surface area contributed by atoms with E-state index >= 15 is 0 Å². The number of carbonyl (C=O) groups excluding carboxylic acids is 1. The van der Waals surface area contributed by atoms with Gasteiger partial charge in [0.05, 0.1) is 0 Å². The number of nitrogens with one attached hydrogen (secondary N) is 2. The topological polar surface area (TPSA) is 61.4 Å². The number of rotatable bonds is 8. The summed E-state index contributed by atoms with van der Waals surface area (Å²) in [7, 11) is 1.83. The number of hydrogen-bond donors (Lipinski definition) is 3. The zero-order valence-corrected chi connectivity index (χ0v) is 10.1. The van der Waals surface area contributed by atoms with E-state index in [0.29, 0.717) is 19.5 Å². The van der Waals surface area contributed by atoms with Crippen LogP contribution >= 0.6 is 0 Å². The van der Waals surface area contributed by atoms with Gasteiger partial charge in [-0.3, -0.25) is 4.79 Å². The summed E-state index contributed by atoms with van der Waals surface area (Å²) < 4.78 is 0. The van der Waals surface area contributed by atoms with Gasteiger partial charge in [0.2, 0.25) is 5.91 Å². The lowest BCUT2D eigenvalue weighted by Crippen LogP contribution is -2.35. The third kappa shape index (κ3) is 8.39. The molecule has 0 heterocycles. The van der Waals surface area contributed by atoms with E-state index < -0.39 is 0 Å². The van der Waals surface area contributed by atoms with Crippen molar-refractivity contribution in [1.82, 2.24) is 10.6 Å². The van der Waals surface area contributed by atoms with Gasteiger partial charge < -0.3 is 15.7 Å². The van der Waals surface area contributed by atoms with Gasteiger partial charge in [0.15, 0.2) is 0 Å². The first kappa shape index (κ1) is 14.4. The first-order chi connectivity index (χ1) is 7.02. The maximum absolute atomic E-state index is 11.3. The number of aliphatic hydroxyl groups excluding tert-OH is 1. The van der Waals surface area contributed by atoms with Crippen molar-refractivity contribution in [2.75, 3.05) is 26.7 Å². The maximum Gasteiger partial charge on any atom is 0.221 e. The molecule has 0 rings (SSSR count). The van der Waals surface area contributed by atoms with E-state index in [1.54, 1.807) is 0 Å². The van der Waals surface area contributed by atoms with Crippen molar-refractivity contribution in [3.63, 3.8) is 0 Å². The molecule has 0 aromatic heterocycles. The molecule has 3 N–H and O–H groups in total. The molecule has 0 aromatic carbocycles. The molecule has 0 aliphatic heterocycles. The highest BCUT2D eigenvalue weighted by Crippen LogP contribution is 2.20. The summed E-state index contributed by atoms with van der Waals surface area (Å²) in [4.78, 5) is 11.3. The van der Waals surface area contributed by atoms with Crippen LogP contribution < -0.4 is 10.6 Å². The van der Waals surface area contributed by atoms with Crippen molar-refractivity contribution in [3.8, 4) is 0 Å². The molecule has 0 unspecified atom stereocenters. The Morgan fingerprint density at radius 3 is 2.60 bits per heavy atom. The highest BCUT2D eigenvalue weighted by molar-refractivity contribution is 5.76. The van der Waals surface area contributed by atoms with Crippen LogP contribution in [-0.4, -0.2) is 37.8 Å². The van der Waals surface area contributed by atoms with Gasteiger partial charge in [0.1, 0.15) is 0 Å². The molecule has 0 aromatic rings. The average Bonchev–Trinajstić information content (AvgIpc) is 2.21. The second-order valence-corrected chi connectivity index (χ2v) is 4.62. The predicted molar refractivity (Wildman–Crippen MR) is 61.7 cm³/mol. The first-order valence-electron chi connectivity index (χ1n) is 5.54. The third-order valence-corrected chi connectivity index (χ3v) is 2.38. The molecule has 90 valence electrons. The quantitative estimate of drug-likeness (QED) is 0.554. The van der Waals surface area contributed by atoms with Crippen molar-refractivity contribution in [1.29, 1.82) is 0 Å². The van der Waals surface area contributed by atoms with E-state index in [1.807, 2.05) is 7.05 Å². The van der Waals surface area contributed by atoms with Crippen molar-refractivity contribution in [3.05, 3.63) is 0 Å². The Morgan fingerprint density at radius 1 is 1.40 bits per heavy atom.